The summed E-state index contributed by atoms with van der Waals surface area (Å²) in [6, 6.07) is 17.7. The molecule has 1 saturated carbocycles. The van der Waals surface area contributed by atoms with Gasteiger partial charge in [0.25, 0.3) is 11.6 Å². The van der Waals surface area contributed by atoms with Crippen LogP contribution >= 0.6 is 22.9 Å². The lowest BCUT2D eigenvalue weighted by atomic mass is 9.93. The van der Waals surface area contributed by atoms with E-state index >= 15 is 0 Å². The molecule has 0 aliphatic heterocycles. The van der Waals surface area contributed by atoms with E-state index in [9.17, 15) is 19.7 Å². The highest BCUT2D eigenvalue weighted by atomic mass is 35.5. The lowest BCUT2D eigenvalue weighted by molar-refractivity contribution is -0.384. The number of thiophene rings is 1. The van der Waals surface area contributed by atoms with Gasteiger partial charge in [-0.05, 0) is 42.0 Å². The summed E-state index contributed by atoms with van der Waals surface area (Å²) >= 11 is 7.55. The molecule has 2 aromatic carbocycles. The van der Waals surface area contributed by atoms with Crippen molar-refractivity contribution in [2.45, 2.75) is 51.2 Å². The largest absolute Gasteiger partial charge is 0.332 e. The Hall–Kier alpha value is -3.23. The molecule has 0 unspecified atom stereocenters. The zero-order valence-electron chi connectivity index (χ0n) is 19.8. The average molecular weight is 526 g/mol. The van der Waals surface area contributed by atoms with Crippen molar-refractivity contribution < 1.29 is 14.5 Å². The summed E-state index contributed by atoms with van der Waals surface area (Å²) in [7, 11) is 0. The molecule has 9 heteroatoms. The first kappa shape index (κ1) is 25.9. The Balaban J connectivity index is 1.61. The number of nitro benzene ring substituents is 1. The van der Waals surface area contributed by atoms with Crippen molar-refractivity contribution in [1.29, 1.82) is 0 Å². The minimum Gasteiger partial charge on any atom is -0.332 e. The molecule has 1 aliphatic carbocycles. The fourth-order valence-electron chi connectivity index (χ4n) is 4.58. The van der Waals surface area contributed by atoms with Gasteiger partial charge in [-0.1, -0.05) is 67.3 Å². The molecule has 1 aliphatic rings. The predicted octanol–water partition coefficient (Wildman–Crippen LogP) is 6.31. The van der Waals surface area contributed by atoms with Gasteiger partial charge >= 0.3 is 0 Å². The Labute approximate surface area is 219 Å². The second-order valence-corrected chi connectivity index (χ2v) is 10.4. The van der Waals surface area contributed by atoms with E-state index in [4.69, 9.17) is 11.6 Å². The van der Waals surface area contributed by atoms with Crippen LogP contribution in [0.25, 0.3) is 0 Å². The minimum absolute atomic E-state index is 0.0261. The van der Waals surface area contributed by atoms with E-state index in [0.717, 1.165) is 42.5 Å². The monoisotopic (exact) mass is 525 g/mol. The molecule has 0 N–H and O–H groups in total. The third kappa shape index (κ3) is 6.50. The molecule has 2 amide bonds. The van der Waals surface area contributed by atoms with Crippen LogP contribution in [0.3, 0.4) is 0 Å². The second kappa shape index (κ2) is 12.1. The van der Waals surface area contributed by atoms with Crippen LogP contribution in [0.2, 0.25) is 5.02 Å². The molecule has 0 spiro atoms. The lowest BCUT2D eigenvalue weighted by Gasteiger charge is -2.35. The van der Waals surface area contributed by atoms with Crippen LogP contribution in [-0.4, -0.2) is 39.1 Å². The van der Waals surface area contributed by atoms with Crippen molar-refractivity contribution >= 4 is 40.4 Å². The van der Waals surface area contributed by atoms with Gasteiger partial charge in [-0.3, -0.25) is 19.7 Å². The maximum Gasteiger partial charge on any atom is 0.288 e. The van der Waals surface area contributed by atoms with E-state index in [0.29, 0.717) is 13.1 Å². The van der Waals surface area contributed by atoms with E-state index < -0.39 is 4.92 Å². The van der Waals surface area contributed by atoms with Gasteiger partial charge in [-0.2, -0.15) is 0 Å². The van der Waals surface area contributed by atoms with Gasteiger partial charge in [0.05, 0.1) is 11.5 Å². The quantitative estimate of drug-likeness (QED) is 0.242. The van der Waals surface area contributed by atoms with Crippen molar-refractivity contribution in [2.75, 3.05) is 6.54 Å². The Bertz CT molecular complexity index is 1200. The van der Waals surface area contributed by atoms with Crippen molar-refractivity contribution in [3.8, 4) is 0 Å². The van der Waals surface area contributed by atoms with Crippen LogP contribution < -0.4 is 0 Å². The van der Waals surface area contributed by atoms with E-state index in [-0.39, 0.29) is 40.7 Å². The third-order valence-electron chi connectivity index (χ3n) is 6.47. The molecule has 188 valence electrons. The highest BCUT2D eigenvalue weighted by molar-refractivity contribution is 7.09. The fraction of sp³-hybridized carbons (Fsp3) is 0.333. The summed E-state index contributed by atoms with van der Waals surface area (Å²) in [6.45, 7) is 0.791. The first-order chi connectivity index (χ1) is 17.4. The Kier molecular flexibility index (Phi) is 8.72. The van der Waals surface area contributed by atoms with Gasteiger partial charge in [-0.15, -0.1) is 11.3 Å². The maximum atomic E-state index is 13.7. The molecule has 0 bridgehead atoms. The van der Waals surface area contributed by atoms with Crippen LogP contribution in [0.4, 0.5) is 5.69 Å². The molecule has 1 aromatic heterocycles. The highest BCUT2D eigenvalue weighted by Crippen LogP contribution is 2.28. The summed E-state index contributed by atoms with van der Waals surface area (Å²) in [5.41, 5.74) is 0.851. The van der Waals surface area contributed by atoms with Gasteiger partial charge in [0.1, 0.15) is 11.6 Å². The van der Waals surface area contributed by atoms with Crippen molar-refractivity contribution in [2.24, 2.45) is 0 Å². The molecular formula is C27H28ClN3O4S. The number of hydrogen-bond acceptors (Lipinski definition) is 5. The number of hydrogen-bond donors (Lipinski definition) is 0. The Morgan fingerprint density at radius 1 is 1.00 bits per heavy atom. The molecule has 0 radical (unpaired) electrons. The van der Waals surface area contributed by atoms with Crippen molar-refractivity contribution in [3.05, 3.63) is 97.2 Å². The lowest BCUT2D eigenvalue weighted by Crippen LogP contribution is -2.48. The molecular weight excluding hydrogens is 498 g/mol. The number of carbonyl (C=O) groups excluding carboxylic acids is 2. The Morgan fingerprint density at radius 2 is 1.75 bits per heavy atom. The topological polar surface area (TPSA) is 83.8 Å². The SMILES string of the molecule is O=C(CN(C(=O)c1ccc(Cl)c([N+](=O)[O-])c1)C1CCCCC1)N(Cc1ccccc1)Cc1cccs1. The molecule has 1 fully saturated rings. The number of nitrogens with zero attached hydrogens (tertiary/aromatic N) is 3. The first-order valence-electron chi connectivity index (χ1n) is 12.0. The summed E-state index contributed by atoms with van der Waals surface area (Å²) in [4.78, 5) is 42.6. The highest BCUT2D eigenvalue weighted by Gasteiger charge is 2.31. The Morgan fingerprint density at radius 3 is 2.42 bits per heavy atom. The van der Waals surface area contributed by atoms with Gasteiger partial charge in [0.15, 0.2) is 0 Å². The maximum absolute atomic E-state index is 13.7. The predicted molar refractivity (Wildman–Crippen MR) is 141 cm³/mol. The van der Waals surface area contributed by atoms with E-state index in [1.165, 1.54) is 18.2 Å². The summed E-state index contributed by atoms with van der Waals surface area (Å²) in [5.74, 6) is -0.541. The summed E-state index contributed by atoms with van der Waals surface area (Å²) < 4.78 is 0. The van der Waals surface area contributed by atoms with Crippen molar-refractivity contribution in [3.63, 3.8) is 0 Å². The smallest absolute Gasteiger partial charge is 0.288 e. The van der Waals surface area contributed by atoms with E-state index in [2.05, 4.69) is 0 Å². The molecule has 0 saturated heterocycles. The molecule has 36 heavy (non-hydrogen) atoms. The molecule has 1 heterocycles. The molecule has 3 aromatic rings. The van der Waals surface area contributed by atoms with Crippen LogP contribution in [-0.2, 0) is 17.9 Å². The standard InChI is InChI=1S/C27H28ClN3O4S/c28-24-14-13-21(16-25(24)31(34)35)27(33)30(22-10-5-2-6-11-22)19-26(32)29(18-23-12-7-15-36-23)17-20-8-3-1-4-9-20/h1,3-4,7-9,12-16,22H,2,5-6,10-11,17-19H2. The number of amides is 2. The molecule has 0 atom stereocenters. The van der Waals surface area contributed by atoms with Crippen LogP contribution in [0.1, 0.15) is 52.9 Å². The average Bonchev–Trinajstić information content (AvgIpc) is 3.41. The number of rotatable bonds is 9. The minimum atomic E-state index is -0.599. The number of nitro groups is 1. The first-order valence-corrected chi connectivity index (χ1v) is 13.3. The van der Waals surface area contributed by atoms with E-state index in [1.807, 2.05) is 47.8 Å². The van der Waals surface area contributed by atoms with E-state index in [1.54, 1.807) is 21.1 Å². The van der Waals surface area contributed by atoms with Gasteiger partial charge < -0.3 is 9.80 Å². The second-order valence-electron chi connectivity index (χ2n) is 8.96. The normalized spacial score (nSPS) is 13.8. The zero-order chi connectivity index (χ0) is 25.5. The van der Waals surface area contributed by atoms with Gasteiger partial charge in [0, 0.05) is 29.1 Å². The number of carbonyl (C=O) groups is 2. The summed E-state index contributed by atoms with van der Waals surface area (Å²) in [5, 5.41) is 13.3. The zero-order valence-corrected chi connectivity index (χ0v) is 21.4. The number of benzene rings is 2. The van der Waals surface area contributed by atoms with Crippen LogP contribution in [0.5, 0.6) is 0 Å². The molecule has 7 nitrogen and oxygen atoms in total. The number of halogens is 1. The fourth-order valence-corrected chi connectivity index (χ4v) is 5.49. The third-order valence-corrected chi connectivity index (χ3v) is 7.65. The van der Waals surface area contributed by atoms with Gasteiger partial charge in [-0.25, -0.2) is 0 Å². The van der Waals surface area contributed by atoms with Crippen LogP contribution in [0.15, 0.2) is 66.0 Å². The van der Waals surface area contributed by atoms with Crippen molar-refractivity contribution in [1.82, 2.24) is 9.80 Å². The van der Waals surface area contributed by atoms with Crippen LogP contribution in [0, 0.1) is 10.1 Å². The molecule has 4 rings (SSSR count). The summed E-state index contributed by atoms with van der Waals surface area (Å²) in [6.07, 6.45) is 4.66. The van der Waals surface area contributed by atoms with Gasteiger partial charge in [0.2, 0.25) is 5.91 Å².